The van der Waals surface area contributed by atoms with E-state index in [0.717, 1.165) is 41.0 Å². The number of thioether (sulfide) groups is 1. The van der Waals surface area contributed by atoms with E-state index in [2.05, 4.69) is 15.3 Å². The first-order valence-electron chi connectivity index (χ1n) is 7.76. The van der Waals surface area contributed by atoms with E-state index in [4.69, 9.17) is 16.0 Å². The highest BCUT2D eigenvalue weighted by Crippen LogP contribution is 2.24. The number of aromatic nitrogens is 2. The number of nitrogens with one attached hydrogen (secondary N) is 1. The van der Waals surface area contributed by atoms with Gasteiger partial charge in [0.2, 0.25) is 0 Å². The van der Waals surface area contributed by atoms with Crippen molar-refractivity contribution in [2.45, 2.75) is 18.1 Å². The number of rotatable bonds is 8. The SMILES string of the molecule is Clc1cccc(-c2ccc(CNCCCSc3ncccn3)o2)c1. The van der Waals surface area contributed by atoms with Gasteiger partial charge in [-0.2, -0.15) is 0 Å². The molecular formula is C18H18ClN3OS. The van der Waals surface area contributed by atoms with Gasteiger partial charge in [0.25, 0.3) is 0 Å². The van der Waals surface area contributed by atoms with Gasteiger partial charge in [-0.25, -0.2) is 9.97 Å². The molecule has 124 valence electrons. The largest absolute Gasteiger partial charge is 0.460 e. The molecule has 24 heavy (non-hydrogen) atoms. The third kappa shape index (κ3) is 5.09. The second kappa shape index (κ2) is 8.87. The number of furan rings is 1. The summed E-state index contributed by atoms with van der Waals surface area (Å²) in [6.07, 6.45) is 4.58. The van der Waals surface area contributed by atoms with Gasteiger partial charge in [0.1, 0.15) is 11.5 Å². The minimum absolute atomic E-state index is 0.712. The molecule has 1 aromatic carbocycles. The van der Waals surface area contributed by atoms with E-state index in [1.165, 1.54) is 0 Å². The van der Waals surface area contributed by atoms with E-state index in [0.29, 0.717) is 11.6 Å². The van der Waals surface area contributed by atoms with Crippen molar-refractivity contribution in [1.82, 2.24) is 15.3 Å². The van der Waals surface area contributed by atoms with E-state index < -0.39 is 0 Å². The molecule has 4 nitrogen and oxygen atoms in total. The molecule has 0 aliphatic heterocycles. The van der Waals surface area contributed by atoms with Crippen molar-refractivity contribution in [3.63, 3.8) is 0 Å². The number of hydrogen-bond acceptors (Lipinski definition) is 5. The van der Waals surface area contributed by atoms with Gasteiger partial charge in [-0.3, -0.25) is 0 Å². The predicted molar refractivity (Wildman–Crippen MR) is 98.2 cm³/mol. The summed E-state index contributed by atoms with van der Waals surface area (Å²) < 4.78 is 5.85. The Balaban J connectivity index is 1.38. The van der Waals surface area contributed by atoms with Crippen LogP contribution in [-0.2, 0) is 6.54 Å². The zero-order valence-corrected chi connectivity index (χ0v) is 14.7. The molecule has 0 aliphatic carbocycles. The lowest BCUT2D eigenvalue weighted by molar-refractivity contribution is 0.494. The fraction of sp³-hybridized carbons (Fsp3) is 0.222. The molecule has 0 saturated carbocycles. The average Bonchev–Trinajstić information content (AvgIpc) is 3.08. The van der Waals surface area contributed by atoms with Gasteiger partial charge in [-0.05, 0) is 43.3 Å². The molecule has 1 N–H and O–H groups in total. The van der Waals surface area contributed by atoms with Crippen LogP contribution in [0, 0.1) is 0 Å². The number of hydrogen-bond donors (Lipinski definition) is 1. The highest BCUT2D eigenvalue weighted by molar-refractivity contribution is 7.99. The normalized spacial score (nSPS) is 10.9. The maximum atomic E-state index is 6.01. The van der Waals surface area contributed by atoms with Crippen LogP contribution in [0.4, 0.5) is 0 Å². The molecule has 0 unspecified atom stereocenters. The van der Waals surface area contributed by atoms with E-state index in [1.54, 1.807) is 24.2 Å². The lowest BCUT2D eigenvalue weighted by atomic mass is 10.2. The zero-order valence-electron chi connectivity index (χ0n) is 13.1. The van der Waals surface area contributed by atoms with Crippen molar-refractivity contribution in [1.29, 1.82) is 0 Å². The highest BCUT2D eigenvalue weighted by atomic mass is 35.5. The van der Waals surface area contributed by atoms with Gasteiger partial charge >= 0.3 is 0 Å². The van der Waals surface area contributed by atoms with Gasteiger partial charge in [0.15, 0.2) is 5.16 Å². The molecule has 2 heterocycles. The van der Waals surface area contributed by atoms with E-state index in [9.17, 15) is 0 Å². The van der Waals surface area contributed by atoms with Crippen LogP contribution >= 0.6 is 23.4 Å². The van der Waals surface area contributed by atoms with Crippen molar-refractivity contribution < 1.29 is 4.42 Å². The summed E-state index contributed by atoms with van der Waals surface area (Å²) in [5, 5.41) is 4.93. The van der Waals surface area contributed by atoms with Gasteiger partial charge < -0.3 is 9.73 Å². The van der Waals surface area contributed by atoms with Crippen molar-refractivity contribution >= 4 is 23.4 Å². The molecule has 0 aliphatic rings. The molecule has 6 heteroatoms. The summed E-state index contributed by atoms with van der Waals surface area (Å²) in [6.45, 7) is 1.64. The maximum Gasteiger partial charge on any atom is 0.187 e. The van der Waals surface area contributed by atoms with E-state index in [-0.39, 0.29) is 0 Å². The maximum absolute atomic E-state index is 6.01. The molecule has 0 fully saturated rings. The number of nitrogens with zero attached hydrogens (tertiary/aromatic N) is 2. The first-order valence-corrected chi connectivity index (χ1v) is 9.13. The monoisotopic (exact) mass is 359 g/mol. The number of benzene rings is 1. The van der Waals surface area contributed by atoms with Gasteiger partial charge in [-0.1, -0.05) is 35.5 Å². The Morgan fingerprint density at radius 1 is 1.08 bits per heavy atom. The summed E-state index contributed by atoms with van der Waals surface area (Å²) >= 11 is 7.68. The molecule has 0 radical (unpaired) electrons. The van der Waals surface area contributed by atoms with Gasteiger partial charge in [0, 0.05) is 28.7 Å². The Morgan fingerprint density at radius 3 is 2.79 bits per heavy atom. The third-order valence-electron chi connectivity index (χ3n) is 3.34. The Kier molecular flexibility index (Phi) is 6.29. The second-order valence-electron chi connectivity index (χ2n) is 5.19. The average molecular weight is 360 g/mol. The van der Waals surface area contributed by atoms with Crippen molar-refractivity contribution in [3.8, 4) is 11.3 Å². The molecule has 0 atom stereocenters. The Morgan fingerprint density at radius 2 is 1.96 bits per heavy atom. The Labute approximate surface area is 150 Å². The predicted octanol–water partition coefficient (Wildman–Crippen LogP) is 4.66. The summed E-state index contributed by atoms with van der Waals surface area (Å²) in [5.41, 5.74) is 0.994. The van der Waals surface area contributed by atoms with Crippen molar-refractivity contribution in [2.75, 3.05) is 12.3 Å². The molecule has 2 aromatic heterocycles. The molecule has 0 spiro atoms. The fourth-order valence-electron chi connectivity index (χ4n) is 2.20. The molecule has 3 aromatic rings. The smallest absolute Gasteiger partial charge is 0.187 e. The standard InChI is InChI=1S/C18H18ClN3OS/c19-15-5-1-4-14(12-15)17-7-6-16(23-17)13-20-8-3-11-24-18-21-9-2-10-22-18/h1-2,4-7,9-10,12,20H,3,8,11,13H2. The number of halogens is 1. The van der Waals surface area contributed by atoms with E-state index in [1.807, 2.05) is 42.5 Å². The van der Waals surface area contributed by atoms with Crippen LogP contribution in [0.3, 0.4) is 0 Å². The van der Waals surface area contributed by atoms with Gasteiger partial charge in [0.05, 0.1) is 6.54 Å². The Bertz CT molecular complexity index is 764. The fourth-order valence-corrected chi connectivity index (χ4v) is 3.13. The van der Waals surface area contributed by atoms with Crippen LogP contribution in [0.5, 0.6) is 0 Å². The molecule has 0 saturated heterocycles. The lowest BCUT2D eigenvalue weighted by Crippen LogP contribution is -2.14. The first-order chi connectivity index (χ1) is 11.8. The molecule has 0 amide bonds. The Hall–Kier alpha value is -1.82. The summed E-state index contributed by atoms with van der Waals surface area (Å²) in [7, 11) is 0. The van der Waals surface area contributed by atoms with Crippen LogP contribution < -0.4 is 5.32 Å². The second-order valence-corrected chi connectivity index (χ2v) is 6.68. The summed E-state index contributed by atoms with van der Waals surface area (Å²) in [5.74, 6) is 2.75. The topological polar surface area (TPSA) is 51.0 Å². The summed E-state index contributed by atoms with van der Waals surface area (Å²) in [4.78, 5) is 8.38. The van der Waals surface area contributed by atoms with Crippen molar-refractivity contribution in [2.24, 2.45) is 0 Å². The first kappa shape index (κ1) is 17.0. The van der Waals surface area contributed by atoms with Crippen LogP contribution in [0.25, 0.3) is 11.3 Å². The molecule has 3 rings (SSSR count). The zero-order chi connectivity index (χ0) is 16.6. The lowest BCUT2D eigenvalue weighted by Gasteiger charge is -2.03. The highest BCUT2D eigenvalue weighted by Gasteiger charge is 2.05. The van der Waals surface area contributed by atoms with Crippen LogP contribution in [-0.4, -0.2) is 22.3 Å². The molecule has 0 bridgehead atoms. The van der Waals surface area contributed by atoms with Crippen LogP contribution in [0.2, 0.25) is 5.02 Å². The summed E-state index contributed by atoms with van der Waals surface area (Å²) in [6, 6.07) is 13.5. The van der Waals surface area contributed by atoms with E-state index >= 15 is 0 Å². The minimum Gasteiger partial charge on any atom is -0.460 e. The van der Waals surface area contributed by atoms with Crippen molar-refractivity contribution in [3.05, 3.63) is 65.6 Å². The quantitative estimate of drug-likeness (QED) is 0.360. The third-order valence-corrected chi connectivity index (χ3v) is 4.54. The molecular weight excluding hydrogens is 342 g/mol. The van der Waals surface area contributed by atoms with Crippen LogP contribution in [0.1, 0.15) is 12.2 Å². The van der Waals surface area contributed by atoms with Gasteiger partial charge in [-0.15, -0.1) is 0 Å². The van der Waals surface area contributed by atoms with Crippen LogP contribution in [0.15, 0.2) is 64.4 Å². The minimum atomic E-state index is 0.712.